The van der Waals surface area contributed by atoms with E-state index in [0.717, 1.165) is 5.56 Å². The van der Waals surface area contributed by atoms with Crippen LogP contribution in [0.15, 0.2) is 78.9 Å². The predicted octanol–water partition coefficient (Wildman–Crippen LogP) is 5.17. The van der Waals surface area contributed by atoms with Crippen LogP contribution < -0.4 is 10.1 Å². The lowest BCUT2D eigenvalue weighted by Gasteiger charge is -2.14. The van der Waals surface area contributed by atoms with E-state index in [0.29, 0.717) is 22.1 Å². The maximum Gasteiger partial charge on any atom is 0.338 e. The molecule has 3 rings (SSSR count). The Morgan fingerprint density at radius 3 is 2.34 bits per heavy atom. The van der Waals surface area contributed by atoms with Gasteiger partial charge in [-0.2, -0.15) is 0 Å². The lowest BCUT2D eigenvalue weighted by Crippen LogP contribution is -2.31. The molecule has 3 aromatic rings. The van der Waals surface area contributed by atoms with Crippen LogP contribution in [0.2, 0.25) is 5.02 Å². The van der Waals surface area contributed by atoms with Crippen LogP contribution in [-0.2, 0) is 9.53 Å². The van der Waals surface area contributed by atoms with E-state index >= 15 is 0 Å². The fraction of sp³-hybridized carbons (Fsp3) is 0.130. The van der Waals surface area contributed by atoms with Gasteiger partial charge in [0, 0.05) is 5.02 Å². The van der Waals surface area contributed by atoms with Crippen molar-refractivity contribution in [3.05, 3.63) is 95.0 Å². The van der Waals surface area contributed by atoms with Gasteiger partial charge in [-0.1, -0.05) is 48.0 Å². The van der Waals surface area contributed by atoms with Crippen molar-refractivity contribution >= 4 is 23.5 Å². The molecule has 6 heteroatoms. The molecule has 0 aromatic heterocycles. The molecular formula is C23H20ClNO4. The first-order valence-corrected chi connectivity index (χ1v) is 9.44. The zero-order valence-corrected chi connectivity index (χ0v) is 16.6. The topological polar surface area (TPSA) is 64.6 Å². The van der Waals surface area contributed by atoms with E-state index in [9.17, 15) is 9.59 Å². The monoisotopic (exact) mass is 409 g/mol. The fourth-order valence-corrected chi connectivity index (χ4v) is 2.77. The van der Waals surface area contributed by atoms with Gasteiger partial charge < -0.3 is 14.8 Å². The number of rotatable bonds is 7. The maximum atomic E-state index is 12.3. The summed E-state index contributed by atoms with van der Waals surface area (Å²) in [7, 11) is 0. The number of hydrogen-bond acceptors (Lipinski definition) is 4. The molecule has 0 heterocycles. The van der Waals surface area contributed by atoms with Crippen LogP contribution in [0.25, 0.3) is 0 Å². The highest BCUT2D eigenvalue weighted by Gasteiger charge is 2.14. The first-order chi connectivity index (χ1) is 14.0. The van der Waals surface area contributed by atoms with Crippen molar-refractivity contribution in [2.45, 2.75) is 13.0 Å². The van der Waals surface area contributed by atoms with E-state index in [2.05, 4.69) is 5.32 Å². The summed E-state index contributed by atoms with van der Waals surface area (Å²) in [6.07, 6.45) is 0. The van der Waals surface area contributed by atoms with Crippen LogP contribution in [0, 0.1) is 0 Å². The minimum absolute atomic E-state index is 0.235. The number of esters is 1. The summed E-state index contributed by atoms with van der Waals surface area (Å²) < 4.78 is 10.8. The van der Waals surface area contributed by atoms with Crippen LogP contribution in [-0.4, -0.2) is 18.5 Å². The Hall–Kier alpha value is -3.31. The Labute approximate surface area is 174 Å². The number of hydrogen-bond donors (Lipinski definition) is 1. The van der Waals surface area contributed by atoms with Gasteiger partial charge in [0.15, 0.2) is 6.61 Å². The second kappa shape index (κ2) is 9.75. The highest BCUT2D eigenvalue weighted by molar-refractivity contribution is 6.30. The molecule has 0 fully saturated rings. The van der Waals surface area contributed by atoms with Crippen molar-refractivity contribution in [2.24, 2.45) is 0 Å². The molecular weight excluding hydrogens is 390 g/mol. The first-order valence-electron chi connectivity index (χ1n) is 9.06. The first kappa shape index (κ1) is 20.4. The molecule has 3 aromatic carbocycles. The van der Waals surface area contributed by atoms with Gasteiger partial charge in [-0.15, -0.1) is 0 Å². The van der Waals surface area contributed by atoms with Gasteiger partial charge in [-0.25, -0.2) is 4.79 Å². The Bertz CT molecular complexity index is 974. The van der Waals surface area contributed by atoms with E-state index in [1.165, 1.54) is 0 Å². The summed E-state index contributed by atoms with van der Waals surface area (Å²) in [5.41, 5.74) is 1.21. The molecule has 0 unspecified atom stereocenters. The summed E-state index contributed by atoms with van der Waals surface area (Å²) >= 11 is 5.87. The molecule has 148 valence electrons. The van der Waals surface area contributed by atoms with Crippen molar-refractivity contribution in [1.82, 2.24) is 5.32 Å². The molecule has 0 aliphatic carbocycles. The Morgan fingerprint density at radius 2 is 1.62 bits per heavy atom. The van der Waals surface area contributed by atoms with Gasteiger partial charge in [0.25, 0.3) is 5.91 Å². The Kier molecular flexibility index (Phi) is 6.87. The lowest BCUT2D eigenvalue weighted by molar-refractivity contribution is -0.124. The van der Waals surface area contributed by atoms with Crippen molar-refractivity contribution < 1.29 is 19.1 Å². The summed E-state index contributed by atoms with van der Waals surface area (Å²) in [5, 5.41) is 3.41. The summed E-state index contributed by atoms with van der Waals surface area (Å²) in [6, 6.07) is 22.8. The molecule has 1 N–H and O–H groups in total. The van der Waals surface area contributed by atoms with Crippen LogP contribution >= 0.6 is 11.6 Å². The third-order valence-corrected chi connectivity index (χ3v) is 4.38. The standard InChI is InChI=1S/C23H20ClNO4/c1-16(17-10-12-19(24)13-11-17)25-22(26)15-28-23(27)18-6-5-9-21(14-18)29-20-7-3-2-4-8-20/h2-14,16H,15H2,1H3,(H,25,26)/t16-/m0/s1. The van der Waals surface area contributed by atoms with E-state index < -0.39 is 11.9 Å². The van der Waals surface area contributed by atoms with E-state index in [1.54, 1.807) is 36.4 Å². The molecule has 0 bridgehead atoms. The van der Waals surface area contributed by atoms with Crippen LogP contribution in [0.3, 0.4) is 0 Å². The van der Waals surface area contributed by atoms with Gasteiger partial charge in [0.2, 0.25) is 0 Å². The maximum absolute atomic E-state index is 12.3. The zero-order valence-electron chi connectivity index (χ0n) is 15.8. The second-order valence-corrected chi connectivity index (χ2v) is 6.80. The van der Waals surface area contributed by atoms with Gasteiger partial charge >= 0.3 is 5.97 Å². The summed E-state index contributed by atoms with van der Waals surface area (Å²) in [4.78, 5) is 24.4. The molecule has 0 radical (unpaired) electrons. The van der Waals surface area contributed by atoms with Crippen LogP contribution in [0.5, 0.6) is 11.5 Å². The number of amides is 1. The average molecular weight is 410 g/mol. The minimum atomic E-state index is -0.599. The molecule has 0 saturated carbocycles. The smallest absolute Gasteiger partial charge is 0.338 e. The zero-order chi connectivity index (χ0) is 20.6. The molecule has 0 aliphatic heterocycles. The van der Waals surface area contributed by atoms with E-state index in [1.807, 2.05) is 49.4 Å². The van der Waals surface area contributed by atoms with Gasteiger partial charge in [-0.3, -0.25) is 4.79 Å². The molecule has 29 heavy (non-hydrogen) atoms. The van der Waals surface area contributed by atoms with Crippen molar-refractivity contribution in [2.75, 3.05) is 6.61 Å². The van der Waals surface area contributed by atoms with Crippen molar-refractivity contribution in [1.29, 1.82) is 0 Å². The number of carbonyl (C=O) groups is 2. The summed E-state index contributed by atoms with van der Waals surface area (Å²) in [6.45, 7) is 1.47. The predicted molar refractivity (Wildman–Crippen MR) is 111 cm³/mol. The van der Waals surface area contributed by atoms with Gasteiger partial charge in [0.1, 0.15) is 11.5 Å². The lowest BCUT2D eigenvalue weighted by atomic mass is 10.1. The summed E-state index contributed by atoms with van der Waals surface area (Å²) in [5.74, 6) is 0.176. The van der Waals surface area contributed by atoms with E-state index in [4.69, 9.17) is 21.1 Å². The molecule has 1 atom stereocenters. The van der Waals surface area contributed by atoms with Crippen LogP contribution in [0.1, 0.15) is 28.9 Å². The normalized spacial score (nSPS) is 11.4. The average Bonchev–Trinajstić information content (AvgIpc) is 2.73. The van der Waals surface area contributed by atoms with E-state index in [-0.39, 0.29) is 12.6 Å². The second-order valence-electron chi connectivity index (χ2n) is 6.36. The molecule has 0 saturated heterocycles. The quantitative estimate of drug-likeness (QED) is 0.547. The number of nitrogens with one attached hydrogen (secondary N) is 1. The fourth-order valence-electron chi connectivity index (χ4n) is 2.64. The minimum Gasteiger partial charge on any atom is -0.457 e. The van der Waals surface area contributed by atoms with Crippen molar-refractivity contribution in [3.63, 3.8) is 0 Å². The molecule has 5 nitrogen and oxygen atoms in total. The van der Waals surface area contributed by atoms with Crippen molar-refractivity contribution in [3.8, 4) is 11.5 Å². The molecule has 1 amide bonds. The Morgan fingerprint density at radius 1 is 0.931 bits per heavy atom. The highest BCUT2D eigenvalue weighted by Crippen LogP contribution is 2.22. The number of halogens is 1. The van der Waals surface area contributed by atoms with Gasteiger partial charge in [-0.05, 0) is 55.0 Å². The number of carbonyl (C=O) groups excluding carboxylic acids is 2. The number of benzene rings is 3. The van der Waals surface area contributed by atoms with Gasteiger partial charge in [0.05, 0.1) is 11.6 Å². The molecule has 0 aliphatic rings. The SMILES string of the molecule is C[C@H](NC(=O)COC(=O)c1cccc(Oc2ccccc2)c1)c1ccc(Cl)cc1. The Balaban J connectivity index is 1.53. The van der Waals surface area contributed by atoms with Crippen LogP contribution in [0.4, 0.5) is 0 Å². The highest BCUT2D eigenvalue weighted by atomic mass is 35.5. The largest absolute Gasteiger partial charge is 0.457 e. The molecule has 0 spiro atoms. The third-order valence-electron chi connectivity index (χ3n) is 4.13. The number of para-hydroxylation sites is 1. The number of ether oxygens (including phenoxy) is 2. The third kappa shape index (κ3) is 6.09.